The van der Waals surface area contributed by atoms with E-state index in [0.717, 1.165) is 89.1 Å². The fraction of sp³-hybridized carbons (Fsp3) is 0.462. The van der Waals surface area contributed by atoms with Crippen molar-refractivity contribution in [3.8, 4) is 11.1 Å². The number of aromatic nitrogens is 1. The molecular formula is C26H28N4O3S2. The van der Waals surface area contributed by atoms with Gasteiger partial charge in [0.25, 0.3) is 11.1 Å². The third-order valence-electron chi connectivity index (χ3n) is 7.10. The zero-order valence-corrected chi connectivity index (χ0v) is 21.7. The first-order chi connectivity index (χ1) is 16.9. The SMILES string of the molecule is Cc1cc(/C=C2\SC(=O)N(CC(=O)N3CCCCC3)C2=O)c(C)n1-c1sc2c(c1C#N)CCCC2. The number of aryl methyl sites for hydroxylation is 2. The first-order valence-electron chi connectivity index (χ1n) is 12.2. The molecule has 0 radical (unpaired) electrons. The number of thioether (sulfide) groups is 1. The molecule has 0 aromatic carbocycles. The summed E-state index contributed by atoms with van der Waals surface area (Å²) in [4.78, 5) is 42.7. The van der Waals surface area contributed by atoms with Crippen molar-refractivity contribution in [3.05, 3.63) is 43.9 Å². The van der Waals surface area contributed by atoms with E-state index in [9.17, 15) is 19.6 Å². The van der Waals surface area contributed by atoms with E-state index in [1.807, 2.05) is 19.9 Å². The fourth-order valence-electron chi connectivity index (χ4n) is 5.23. The number of thiophene rings is 1. The molecule has 2 saturated heterocycles. The monoisotopic (exact) mass is 508 g/mol. The molecule has 35 heavy (non-hydrogen) atoms. The Balaban J connectivity index is 1.41. The largest absolute Gasteiger partial charge is 0.341 e. The minimum Gasteiger partial charge on any atom is -0.341 e. The van der Waals surface area contributed by atoms with Crippen molar-refractivity contribution in [2.45, 2.75) is 58.8 Å². The van der Waals surface area contributed by atoms with Gasteiger partial charge in [-0.2, -0.15) is 5.26 Å². The Kier molecular flexibility index (Phi) is 6.60. The number of fused-ring (bicyclic) bond motifs is 1. The second-order valence-electron chi connectivity index (χ2n) is 9.37. The van der Waals surface area contributed by atoms with Gasteiger partial charge in [0.15, 0.2) is 0 Å². The van der Waals surface area contributed by atoms with Crippen LogP contribution in [0.3, 0.4) is 0 Å². The maximum atomic E-state index is 13.0. The maximum absolute atomic E-state index is 13.0. The van der Waals surface area contributed by atoms with E-state index in [2.05, 4.69) is 10.6 Å². The van der Waals surface area contributed by atoms with Crippen LogP contribution in [0.2, 0.25) is 0 Å². The van der Waals surface area contributed by atoms with Gasteiger partial charge < -0.3 is 9.47 Å². The molecule has 1 aliphatic carbocycles. The third kappa shape index (κ3) is 4.34. The Hall–Kier alpha value is -2.83. The molecule has 0 N–H and O–H groups in total. The van der Waals surface area contributed by atoms with Gasteiger partial charge in [-0.25, -0.2) is 0 Å². The number of amides is 3. The predicted octanol–water partition coefficient (Wildman–Crippen LogP) is 4.95. The quantitative estimate of drug-likeness (QED) is 0.545. The second-order valence-corrected chi connectivity index (χ2v) is 11.5. The number of hydrogen-bond acceptors (Lipinski definition) is 6. The van der Waals surface area contributed by atoms with Crippen molar-refractivity contribution in [1.82, 2.24) is 14.4 Å². The molecular weight excluding hydrogens is 480 g/mol. The van der Waals surface area contributed by atoms with Gasteiger partial charge in [0.2, 0.25) is 5.91 Å². The highest BCUT2D eigenvalue weighted by Gasteiger charge is 2.37. The van der Waals surface area contributed by atoms with Crippen molar-refractivity contribution in [1.29, 1.82) is 5.26 Å². The lowest BCUT2D eigenvalue weighted by Crippen LogP contribution is -2.44. The van der Waals surface area contributed by atoms with Crippen LogP contribution in [-0.2, 0) is 22.4 Å². The summed E-state index contributed by atoms with van der Waals surface area (Å²) in [6.45, 7) is 5.14. The molecule has 2 aliphatic heterocycles. The molecule has 2 aromatic rings. The number of piperidine rings is 1. The van der Waals surface area contributed by atoms with Crippen molar-refractivity contribution in [2.24, 2.45) is 0 Å². The normalized spacial score (nSPS) is 19.4. The summed E-state index contributed by atoms with van der Waals surface area (Å²) in [7, 11) is 0. The van der Waals surface area contributed by atoms with Crippen LogP contribution in [0.1, 0.15) is 65.1 Å². The molecule has 0 atom stereocenters. The first kappa shape index (κ1) is 23.9. The van der Waals surface area contributed by atoms with Crippen LogP contribution < -0.4 is 0 Å². The summed E-state index contributed by atoms with van der Waals surface area (Å²) >= 11 is 2.57. The average Bonchev–Trinajstić information content (AvgIpc) is 3.45. The van der Waals surface area contributed by atoms with E-state index in [1.54, 1.807) is 22.3 Å². The minimum absolute atomic E-state index is 0.169. The summed E-state index contributed by atoms with van der Waals surface area (Å²) in [6, 6.07) is 4.42. The number of carbonyl (C=O) groups is 3. The van der Waals surface area contributed by atoms with Crippen LogP contribution >= 0.6 is 23.1 Å². The molecule has 2 aromatic heterocycles. The van der Waals surface area contributed by atoms with E-state index in [4.69, 9.17) is 0 Å². The van der Waals surface area contributed by atoms with Gasteiger partial charge in [0, 0.05) is 29.4 Å². The van der Waals surface area contributed by atoms with Crippen molar-refractivity contribution in [2.75, 3.05) is 19.6 Å². The first-order valence-corrected chi connectivity index (χ1v) is 13.8. The molecule has 7 nitrogen and oxygen atoms in total. The van der Waals surface area contributed by atoms with Crippen LogP contribution in [0.15, 0.2) is 11.0 Å². The summed E-state index contributed by atoms with van der Waals surface area (Å²) < 4.78 is 2.09. The van der Waals surface area contributed by atoms with Crippen LogP contribution in [-0.4, -0.2) is 51.1 Å². The predicted molar refractivity (Wildman–Crippen MR) is 138 cm³/mol. The standard InChI is InChI=1S/C26H28N4O3S2/c1-16-12-18(17(2)30(16)25-20(14-27)19-8-4-5-9-21(19)34-25)13-22-24(32)29(26(33)35-22)15-23(31)28-10-6-3-7-11-28/h12-13H,3-11,15H2,1-2H3/b22-13-. The van der Waals surface area contributed by atoms with Crippen LogP contribution in [0, 0.1) is 25.2 Å². The molecule has 0 unspecified atom stereocenters. The second kappa shape index (κ2) is 9.67. The Morgan fingerprint density at radius 1 is 1.11 bits per heavy atom. The Morgan fingerprint density at radius 3 is 2.60 bits per heavy atom. The summed E-state index contributed by atoms with van der Waals surface area (Å²) in [5, 5.41) is 10.4. The van der Waals surface area contributed by atoms with E-state index in [-0.39, 0.29) is 12.5 Å². The smallest absolute Gasteiger partial charge is 0.294 e. The molecule has 3 aliphatic rings. The number of nitrogens with zero attached hydrogens (tertiary/aromatic N) is 4. The molecule has 0 bridgehead atoms. The van der Waals surface area contributed by atoms with Gasteiger partial charge >= 0.3 is 0 Å². The number of nitriles is 1. The molecule has 182 valence electrons. The molecule has 9 heteroatoms. The number of imide groups is 1. The highest BCUT2D eigenvalue weighted by molar-refractivity contribution is 8.18. The van der Waals surface area contributed by atoms with Crippen LogP contribution in [0.4, 0.5) is 4.79 Å². The summed E-state index contributed by atoms with van der Waals surface area (Å²) in [5.74, 6) is -0.586. The maximum Gasteiger partial charge on any atom is 0.294 e. The Bertz CT molecular complexity index is 1290. The Labute approximate surface area is 213 Å². The topological polar surface area (TPSA) is 86.4 Å². The Morgan fingerprint density at radius 2 is 1.86 bits per heavy atom. The van der Waals surface area contributed by atoms with E-state index in [1.165, 1.54) is 10.4 Å². The molecule has 5 rings (SSSR count). The highest BCUT2D eigenvalue weighted by Crippen LogP contribution is 2.39. The van der Waals surface area contributed by atoms with Gasteiger partial charge in [-0.05, 0) is 93.8 Å². The van der Waals surface area contributed by atoms with Gasteiger partial charge in [-0.15, -0.1) is 11.3 Å². The van der Waals surface area contributed by atoms with Crippen molar-refractivity contribution in [3.63, 3.8) is 0 Å². The van der Waals surface area contributed by atoms with E-state index < -0.39 is 11.1 Å². The lowest BCUT2D eigenvalue weighted by molar-refractivity contribution is -0.136. The lowest BCUT2D eigenvalue weighted by Gasteiger charge is -2.27. The minimum atomic E-state index is -0.417. The number of carbonyl (C=O) groups excluding carboxylic acids is 3. The number of likely N-dealkylation sites (tertiary alicyclic amines) is 1. The summed E-state index contributed by atoms with van der Waals surface area (Å²) in [5.41, 5.74) is 4.68. The van der Waals surface area contributed by atoms with Crippen molar-refractivity contribution < 1.29 is 14.4 Å². The number of rotatable bonds is 4. The molecule has 2 fully saturated rings. The lowest BCUT2D eigenvalue weighted by atomic mass is 9.96. The third-order valence-corrected chi connectivity index (χ3v) is 9.28. The molecule has 0 spiro atoms. The molecule has 3 amide bonds. The van der Waals surface area contributed by atoms with Crippen molar-refractivity contribution >= 4 is 46.2 Å². The van der Waals surface area contributed by atoms with Gasteiger partial charge in [0.05, 0.1) is 10.5 Å². The summed E-state index contributed by atoms with van der Waals surface area (Å²) in [6.07, 6.45) is 9.01. The fourth-order valence-corrected chi connectivity index (χ4v) is 7.51. The zero-order chi connectivity index (χ0) is 24.7. The molecule has 4 heterocycles. The van der Waals surface area contributed by atoms with Gasteiger partial charge in [-0.3, -0.25) is 19.3 Å². The van der Waals surface area contributed by atoms with E-state index in [0.29, 0.717) is 18.0 Å². The number of hydrogen-bond donors (Lipinski definition) is 0. The van der Waals surface area contributed by atoms with Crippen LogP contribution in [0.5, 0.6) is 0 Å². The van der Waals surface area contributed by atoms with E-state index >= 15 is 0 Å². The van der Waals surface area contributed by atoms with Gasteiger partial charge in [-0.1, -0.05) is 0 Å². The molecule has 0 saturated carbocycles. The highest BCUT2D eigenvalue weighted by atomic mass is 32.2. The van der Waals surface area contributed by atoms with Gasteiger partial charge in [0.1, 0.15) is 17.6 Å². The zero-order valence-electron chi connectivity index (χ0n) is 20.1. The average molecular weight is 509 g/mol. The van der Waals surface area contributed by atoms with Crippen LogP contribution in [0.25, 0.3) is 11.1 Å².